The number of amides is 1. The largest absolute Gasteiger partial charge is 0.366 e. The third-order valence-electron chi connectivity index (χ3n) is 4.94. The fourth-order valence-electron chi connectivity index (χ4n) is 3.55. The van der Waals surface area contributed by atoms with Crippen LogP contribution < -0.4 is 9.21 Å². The maximum absolute atomic E-state index is 14.2. The second-order valence-corrected chi connectivity index (χ2v) is 8.81. The molecule has 2 aromatic rings. The summed E-state index contributed by atoms with van der Waals surface area (Å²) in [5, 5.41) is 0. The molecule has 0 saturated carbocycles. The van der Waals surface area contributed by atoms with Gasteiger partial charge in [0.1, 0.15) is 17.7 Å². The number of anilines is 2. The number of sulfonamides is 1. The zero-order valence-electron chi connectivity index (χ0n) is 16.3. The summed E-state index contributed by atoms with van der Waals surface area (Å²) >= 11 is 0. The monoisotopic (exact) mass is 423 g/mol. The van der Waals surface area contributed by atoms with Crippen molar-refractivity contribution in [1.29, 1.82) is 0 Å². The molecule has 0 radical (unpaired) electrons. The van der Waals surface area contributed by atoms with Crippen LogP contribution in [0.1, 0.15) is 6.92 Å². The Hall–Kier alpha value is -2.68. The highest BCUT2D eigenvalue weighted by Gasteiger charge is 2.34. The highest BCUT2D eigenvalue weighted by atomic mass is 32.2. The fraction of sp³-hybridized carbons (Fsp3) is 0.350. The van der Waals surface area contributed by atoms with Gasteiger partial charge in [-0.1, -0.05) is 24.3 Å². The Labute approximate surface area is 169 Å². The minimum absolute atomic E-state index is 0.166. The molecule has 1 saturated heterocycles. The molecular formula is C20H23F2N3O3S. The van der Waals surface area contributed by atoms with Crippen LogP contribution in [0, 0.1) is 11.6 Å². The van der Waals surface area contributed by atoms with E-state index in [0.29, 0.717) is 31.9 Å². The van der Waals surface area contributed by atoms with Crippen LogP contribution in [0.15, 0.2) is 48.5 Å². The van der Waals surface area contributed by atoms with E-state index in [4.69, 9.17) is 0 Å². The molecule has 1 heterocycles. The standard InChI is InChI=1S/C20H23F2N3O3S/c1-15(25(29(2,27)28)19-10-6-4-8-17(19)22)20(26)24-13-11-23(12-14-24)18-9-5-3-7-16(18)21/h3-10,15H,11-14H2,1-2H3/t15-/m0/s1. The van der Waals surface area contributed by atoms with E-state index in [1.165, 1.54) is 36.1 Å². The molecule has 0 aromatic heterocycles. The van der Waals surface area contributed by atoms with Gasteiger partial charge in [-0.25, -0.2) is 17.2 Å². The number of rotatable bonds is 5. The van der Waals surface area contributed by atoms with Gasteiger partial charge in [0, 0.05) is 26.2 Å². The number of para-hydroxylation sites is 2. The van der Waals surface area contributed by atoms with Gasteiger partial charge in [-0.2, -0.15) is 0 Å². The van der Waals surface area contributed by atoms with Gasteiger partial charge >= 0.3 is 0 Å². The van der Waals surface area contributed by atoms with Crippen LogP contribution in [0.2, 0.25) is 0 Å². The van der Waals surface area contributed by atoms with Crippen molar-refractivity contribution in [3.05, 3.63) is 60.2 Å². The smallest absolute Gasteiger partial charge is 0.246 e. The molecule has 0 N–H and O–H groups in total. The highest BCUT2D eigenvalue weighted by Crippen LogP contribution is 2.26. The third-order valence-corrected chi connectivity index (χ3v) is 6.17. The summed E-state index contributed by atoms with van der Waals surface area (Å²) in [6.45, 7) is 2.90. The van der Waals surface area contributed by atoms with E-state index >= 15 is 0 Å². The van der Waals surface area contributed by atoms with Crippen LogP contribution in [0.4, 0.5) is 20.2 Å². The van der Waals surface area contributed by atoms with E-state index < -0.39 is 27.8 Å². The number of nitrogens with zero attached hydrogens (tertiary/aromatic N) is 3. The van der Waals surface area contributed by atoms with Crippen molar-refractivity contribution in [3.8, 4) is 0 Å². The van der Waals surface area contributed by atoms with Gasteiger partial charge in [-0.05, 0) is 31.2 Å². The van der Waals surface area contributed by atoms with Crippen LogP contribution in [0.3, 0.4) is 0 Å². The zero-order valence-corrected chi connectivity index (χ0v) is 17.1. The maximum atomic E-state index is 14.2. The summed E-state index contributed by atoms with van der Waals surface area (Å²) in [7, 11) is -3.90. The molecule has 1 aliphatic heterocycles. The Morgan fingerprint density at radius 3 is 2.07 bits per heavy atom. The molecule has 29 heavy (non-hydrogen) atoms. The van der Waals surface area contributed by atoms with Crippen LogP contribution in [-0.4, -0.2) is 57.7 Å². The Bertz CT molecular complexity index is 992. The number of piperazine rings is 1. The normalized spacial score (nSPS) is 15.9. The van der Waals surface area contributed by atoms with Crippen molar-refractivity contribution < 1.29 is 22.0 Å². The molecule has 9 heteroatoms. The molecule has 1 atom stereocenters. The molecule has 1 aliphatic rings. The molecule has 0 unspecified atom stereocenters. The van der Waals surface area contributed by atoms with Crippen molar-refractivity contribution in [3.63, 3.8) is 0 Å². The summed E-state index contributed by atoms with van der Waals surface area (Å²) in [5.41, 5.74) is 0.303. The van der Waals surface area contributed by atoms with Gasteiger partial charge in [-0.3, -0.25) is 9.10 Å². The van der Waals surface area contributed by atoms with E-state index in [1.54, 1.807) is 18.2 Å². The number of hydrogen-bond donors (Lipinski definition) is 0. The predicted octanol–water partition coefficient (Wildman–Crippen LogP) is 2.47. The average Bonchev–Trinajstić information content (AvgIpc) is 2.68. The molecular weight excluding hydrogens is 400 g/mol. The number of benzene rings is 2. The van der Waals surface area contributed by atoms with Gasteiger partial charge in [0.25, 0.3) is 0 Å². The van der Waals surface area contributed by atoms with Crippen molar-refractivity contribution in [2.75, 3.05) is 41.6 Å². The first-order chi connectivity index (χ1) is 13.7. The molecule has 1 fully saturated rings. The Morgan fingerprint density at radius 2 is 1.52 bits per heavy atom. The molecule has 0 spiro atoms. The van der Waals surface area contributed by atoms with Crippen molar-refractivity contribution in [2.45, 2.75) is 13.0 Å². The lowest BCUT2D eigenvalue weighted by Gasteiger charge is -2.39. The van der Waals surface area contributed by atoms with Crippen molar-refractivity contribution in [1.82, 2.24) is 4.90 Å². The lowest BCUT2D eigenvalue weighted by atomic mass is 10.2. The SMILES string of the molecule is C[C@@H](C(=O)N1CCN(c2ccccc2F)CC1)N(c1ccccc1F)S(C)(=O)=O. The molecule has 6 nitrogen and oxygen atoms in total. The van der Waals surface area contributed by atoms with Gasteiger partial charge < -0.3 is 9.80 Å². The average molecular weight is 423 g/mol. The Balaban J connectivity index is 1.76. The number of carbonyl (C=O) groups excluding carboxylic acids is 1. The summed E-state index contributed by atoms with van der Waals surface area (Å²) in [6, 6.07) is 10.8. The minimum Gasteiger partial charge on any atom is -0.366 e. The van der Waals surface area contributed by atoms with Gasteiger partial charge in [0.2, 0.25) is 15.9 Å². The van der Waals surface area contributed by atoms with E-state index in [9.17, 15) is 22.0 Å². The predicted molar refractivity (Wildman–Crippen MR) is 108 cm³/mol. The first-order valence-electron chi connectivity index (χ1n) is 9.22. The van der Waals surface area contributed by atoms with E-state index in [0.717, 1.165) is 16.6 Å². The number of halogens is 2. The maximum Gasteiger partial charge on any atom is 0.246 e. The quantitative estimate of drug-likeness (QED) is 0.741. The second-order valence-electron chi connectivity index (χ2n) is 6.95. The molecule has 0 aliphatic carbocycles. The van der Waals surface area contributed by atoms with Gasteiger partial charge in [0.05, 0.1) is 17.6 Å². The molecule has 1 amide bonds. The zero-order chi connectivity index (χ0) is 21.2. The lowest BCUT2D eigenvalue weighted by Crippen LogP contribution is -2.55. The Kier molecular flexibility index (Phi) is 6.07. The van der Waals surface area contributed by atoms with Crippen LogP contribution in [0.25, 0.3) is 0 Å². The van der Waals surface area contributed by atoms with Crippen molar-refractivity contribution >= 4 is 27.3 Å². The first kappa shape index (κ1) is 21.0. The van der Waals surface area contributed by atoms with Crippen molar-refractivity contribution in [2.24, 2.45) is 0 Å². The lowest BCUT2D eigenvalue weighted by molar-refractivity contribution is -0.132. The van der Waals surface area contributed by atoms with E-state index in [1.807, 2.05) is 4.90 Å². The Morgan fingerprint density at radius 1 is 0.966 bits per heavy atom. The number of hydrogen-bond acceptors (Lipinski definition) is 4. The van der Waals surface area contributed by atoms with Crippen LogP contribution in [-0.2, 0) is 14.8 Å². The second kappa shape index (κ2) is 8.36. The third kappa shape index (κ3) is 4.50. The molecule has 2 aromatic carbocycles. The molecule has 3 rings (SSSR count). The first-order valence-corrected chi connectivity index (χ1v) is 11.1. The molecule has 156 valence electrons. The van der Waals surface area contributed by atoms with E-state index in [-0.39, 0.29) is 11.5 Å². The summed E-state index contributed by atoms with van der Waals surface area (Å²) in [4.78, 5) is 16.4. The summed E-state index contributed by atoms with van der Waals surface area (Å²) < 4.78 is 53.7. The van der Waals surface area contributed by atoms with Crippen LogP contribution in [0.5, 0.6) is 0 Å². The minimum atomic E-state index is -3.90. The summed E-state index contributed by atoms with van der Waals surface area (Å²) in [6.07, 6.45) is 0.944. The van der Waals surface area contributed by atoms with E-state index in [2.05, 4.69) is 0 Å². The highest BCUT2D eigenvalue weighted by molar-refractivity contribution is 7.92. The summed E-state index contributed by atoms with van der Waals surface area (Å²) in [5.74, 6) is -1.47. The van der Waals surface area contributed by atoms with Gasteiger partial charge in [0.15, 0.2) is 0 Å². The molecule has 0 bridgehead atoms. The fourth-order valence-corrected chi connectivity index (χ4v) is 4.72. The topological polar surface area (TPSA) is 60.9 Å². The van der Waals surface area contributed by atoms with Gasteiger partial charge in [-0.15, -0.1) is 0 Å². The number of carbonyl (C=O) groups is 1. The van der Waals surface area contributed by atoms with Crippen LogP contribution >= 0.6 is 0 Å².